The van der Waals surface area contributed by atoms with Crippen molar-refractivity contribution >= 4 is 12.1 Å². The van der Waals surface area contributed by atoms with Crippen LogP contribution < -0.4 is 0 Å². The Hall–Kier alpha value is -3.08. The van der Waals surface area contributed by atoms with Crippen molar-refractivity contribution in [2.75, 3.05) is 6.61 Å². The molecule has 0 saturated heterocycles. The molecule has 2 aliphatic carbocycles. The lowest BCUT2D eigenvalue weighted by Gasteiger charge is -2.31. The second-order valence-electron chi connectivity index (χ2n) is 7.30. The summed E-state index contributed by atoms with van der Waals surface area (Å²) >= 11 is 0. The molecule has 144 valence electrons. The van der Waals surface area contributed by atoms with Gasteiger partial charge in [-0.15, -0.1) is 0 Å². The highest BCUT2D eigenvalue weighted by molar-refractivity contribution is 5.81. The summed E-state index contributed by atoms with van der Waals surface area (Å²) in [6.07, 6.45) is 4.85. The van der Waals surface area contributed by atoms with Gasteiger partial charge in [0.15, 0.2) is 0 Å². The Balaban J connectivity index is 1.55. The average Bonchev–Trinajstić information content (AvgIpc) is 3.33. The van der Waals surface area contributed by atoms with Crippen LogP contribution in [0.5, 0.6) is 0 Å². The van der Waals surface area contributed by atoms with Crippen molar-refractivity contribution in [3.05, 3.63) is 71.8 Å². The molecule has 4 rings (SSSR count). The van der Waals surface area contributed by atoms with Gasteiger partial charge in [-0.1, -0.05) is 60.7 Å². The molecule has 2 aromatic rings. The number of rotatable bonds is 5. The molecule has 5 nitrogen and oxygen atoms in total. The number of fused-ring (bicyclic) bond motifs is 3. The van der Waals surface area contributed by atoms with E-state index in [9.17, 15) is 14.7 Å². The fourth-order valence-electron chi connectivity index (χ4n) is 4.22. The Morgan fingerprint density at radius 3 is 2.25 bits per heavy atom. The maximum absolute atomic E-state index is 12.9. The van der Waals surface area contributed by atoms with Gasteiger partial charge in [-0.25, -0.2) is 9.59 Å². The van der Waals surface area contributed by atoms with Crippen molar-refractivity contribution in [3.8, 4) is 11.1 Å². The van der Waals surface area contributed by atoms with E-state index in [1.54, 1.807) is 0 Å². The zero-order chi connectivity index (χ0) is 19.7. The van der Waals surface area contributed by atoms with E-state index >= 15 is 0 Å². The van der Waals surface area contributed by atoms with Gasteiger partial charge in [-0.3, -0.25) is 4.90 Å². The molecule has 2 aromatic carbocycles. The number of carbonyl (C=O) groups excluding carboxylic acids is 1. The summed E-state index contributed by atoms with van der Waals surface area (Å²) in [6, 6.07) is 15.1. The van der Waals surface area contributed by atoms with Gasteiger partial charge in [0.05, 0.1) is 6.04 Å². The lowest BCUT2D eigenvalue weighted by atomic mass is 9.98. The fourth-order valence-corrected chi connectivity index (χ4v) is 4.22. The number of carboxylic acids is 1. The first-order valence-electron chi connectivity index (χ1n) is 9.60. The third kappa shape index (κ3) is 3.17. The maximum atomic E-state index is 12.9. The predicted molar refractivity (Wildman–Crippen MR) is 106 cm³/mol. The number of ether oxygens (including phenoxy) is 1. The highest BCUT2D eigenvalue weighted by Gasteiger charge is 2.35. The van der Waals surface area contributed by atoms with Gasteiger partial charge in [0.2, 0.25) is 0 Å². The molecule has 0 radical (unpaired) electrons. The Kier molecular flexibility index (Phi) is 4.90. The number of hydrogen-bond donors (Lipinski definition) is 1. The first kappa shape index (κ1) is 18.3. The first-order chi connectivity index (χ1) is 13.6. The molecule has 0 fully saturated rings. The molecule has 0 aliphatic heterocycles. The second kappa shape index (κ2) is 7.50. The summed E-state index contributed by atoms with van der Waals surface area (Å²) in [7, 11) is 0. The number of nitrogens with zero attached hydrogens (tertiary/aromatic N) is 1. The van der Waals surface area contributed by atoms with Crippen molar-refractivity contribution in [2.45, 2.75) is 37.8 Å². The largest absolute Gasteiger partial charge is 0.480 e. The van der Waals surface area contributed by atoms with E-state index in [4.69, 9.17) is 4.74 Å². The Morgan fingerprint density at radius 2 is 1.71 bits per heavy atom. The lowest BCUT2D eigenvalue weighted by Crippen LogP contribution is -2.48. The number of amides is 1. The molecule has 0 unspecified atom stereocenters. The van der Waals surface area contributed by atoms with Crippen LogP contribution in [0.4, 0.5) is 4.79 Å². The summed E-state index contributed by atoms with van der Waals surface area (Å²) in [5.74, 6) is -1.08. The van der Waals surface area contributed by atoms with Gasteiger partial charge in [-0.2, -0.15) is 0 Å². The van der Waals surface area contributed by atoms with Gasteiger partial charge < -0.3 is 9.84 Å². The number of allylic oxidation sites excluding steroid dienone is 1. The second-order valence-corrected chi connectivity index (χ2v) is 7.30. The number of carbonyl (C=O) groups is 2. The van der Waals surface area contributed by atoms with E-state index in [-0.39, 0.29) is 18.6 Å². The van der Waals surface area contributed by atoms with E-state index in [0.717, 1.165) is 35.1 Å². The smallest absolute Gasteiger partial charge is 0.411 e. The highest BCUT2D eigenvalue weighted by Crippen LogP contribution is 2.44. The SMILES string of the molecule is C[C@@H](C(=O)O)N(C(=O)OCC1c2ccccc2-c2ccccc21)[C@H]1C=CCC1. The molecule has 0 aromatic heterocycles. The standard InChI is InChI=1S/C23H23NO4/c1-15(22(25)26)24(16-8-2-3-9-16)23(27)28-14-21-19-12-6-4-10-17(19)18-11-5-7-13-20(18)21/h2,4-8,10-13,15-16,21H,3,9,14H2,1H3,(H,25,26)/t15-,16-/m0/s1. The summed E-state index contributed by atoms with van der Waals surface area (Å²) in [6.45, 7) is 1.71. The summed E-state index contributed by atoms with van der Waals surface area (Å²) < 4.78 is 5.68. The molecule has 28 heavy (non-hydrogen) atoms. The van der Waals surface area contributed by atoms with E-state index in [2.05, 4.69) is 24.3 Å². The third-order valence-corrected chi connectivity index (χ3v) is 5.67. The molecule has 1 N–H and O–H groups in total. The minimum Gasteiger partial charge on any atom is -0.480 e. The van der Waals surface area contributed by atoms with Crippen LogP contribution in [0.25, 0.3) is 11.1 Å². The summed E-state index contributed by atoms with van der Waals surface area (Å²) in [5, 5.41) is 9.43. The monoisotopic (exact) mass is 377 g/mol. The van der Waals surface area contributed by atoms with Gasteiger partial charge in [0, 0.05) is 5.92 Å². The van der Waals surface area contributed by atoms with E-state index in [1.165, 1.54) is 11.8 Å². The maximum Gasteiger partial charge on any atom is 0.411 e. The topological polar surface area (TPSA) is 66.8 Å². The highest BCUT2D eigenvalue weighted by atomic mass is 16.6. The molecule has 0 heterocycles. The van der Waals surface area contributed by atoms with Crippen LogP contribution in [0.2, 0.25) is 0 Å². The lowest BCUT2D eigenvalue weighted by molar-refractivity contribution is -0.142. The predicted octanol–water partition coefficient (Wildman–Crippen LogP) is 4.43. The molecule has 2 aliphatic rings. The van der Waals surface area contributed by atoms with E-state index in [1.807, 2.05) is 36.4 Å². The van der Waals surface area contributed by atoms with Crippen molar-refractivity contribution in [3.63, 3.8) is 0 Å². The normalized spacial score (nSPS) is 18.4. The summed E-state index contributed by atoms with van der Waals surface area (Å²) in [4.78, 5) is 25.7. The van der Waals surface area contributed by atoms with Gasteiger partial charge in [-0.05, 0) is 42.0 Å². The van der Waals surface area contributed by atoms with Gasteiger partial charge in [0.1, 0.15) is 12.6 Å². The van der Waals surface area contributed by atoms with Crippen LogP contribution in [0, 0.1) is 0 Å². The Bertz CT molecular complexity index is 888. The van der Waals surface area contributed by atoms with Crippen molar-refractivity contribution in [1.82, 2.24) is 4.90 Å². The van der Waals surface area contributed by atoms with E-state index < -0.39 is 18.1 Å². The summed E-state index contributed by atoms with van der Waals surface area (Å²) in [5.41, 5.74) is 4.59. The van der Waals surface area contributed by atoms with Crippen molar-refractivity contribution in [2.24, 2.45) is 0 Å². The molecule has 0 saturated carbocycles. The average molecular weight is 377 g/mol. The molecular weight excluding hydrogens is 354 g/mol. The molecule has 0 spiro atoms. The van der Waals surface area contributed by atoms with Crippen LogP contribution in [0.1, 0.15) is 36.8 Å². The zero-order valence-electron chi connectivity index (χ0n) is 15.7. The van der Waals surface area contributed by atoms with Gasteiger partial charge >= 0.3 is 12.1 Å². The van der Waals surface area contributed by atoms with E-state index in [0.29, 0.717) is 0 Å². The number of hydrogen-bond acceptors (Lipinski definition) is 3. The molecule has 1 amide bonds. The van der Waals surface area contributed by atoms with Crippen LogP contribution in [0.3, 0.4) is 0 Å². The molecular formula is C23H23NO4. The first-order valence-corrected chi connectivity index (χ1v) is 9.60. The van der Waals surface area contributed by atoms with Crippen LogP contribution in [0.15, 0.2) is 60.7 Å². The van der Waals surface area contributed by atoms with Gasteiger partial charge in [0.25, 0.3) is 0 Å². The molecule has 0 bridgehead atoms. The minimum absolute atomic E-state index is 0.0440. The Labute approximate surface area is 164 Å². The number of carboxylic acid groups (broad SMARTS) is 1. The molecule has 5 heteroatoms. The fraction of sp³-hybridized carbons (Fsp3) is 0.304. The quantitative estimate of drug-likeness (QED) is 0.783. The number of benzene rings is 2. The van der Waals surface area contributed by atoms with Crippen LogP contribution in [-0.4, -0.2) is 40.8 Å². The third-order valence-electron chi connectivity index (χ3n) is 5.67. The van der Waals surface area contributed by atoms with Crippen molar-refractivity contribution < 1.29 is 19.4 Å². The number of aliphatic carboxylic acids is 1. The van der Waals surface area contributed by atoms with Crippen molar-refractivity contribution in [1.29, 1.82) is 0 Å². The molecule has 2 atom stereocenters. The van der Waals surface area contributed by atoms with Crippen LogP contribution >= 0.6 is 0 Å². The van der Waals surface area contributed by atoms with Crippen LogP contribution in [-0.2, 0) is 9.53 Å². The zero-order valence-corrected chi connectivity index (χ0v) is 15.7. The minimum atomic E-state index is -1.03. The Morgan fingerprint density at radius 1 is 1.11 bits per heavy atom.